The molecule has 0 saturated carbocycles. The maximum absolute atomic E-state index is 11.3. The zero-order valence-corrected chi connectivity index (χ0v) is 10.4. The van der Waals surface area contributed by atoms with Crippen LogP contribution >= 0.6 is 0 Å². The van der Waals surface area contributed by atoms with Crippen LogP contribution in [0.15, 0.2) is 36.7 Å². The second kappa shape index (κ2) is 5.35. The molecule has 0 aliphatic heterocycles. The number of anilines is 1. The van der Waals surface area contributed by atoms with Gasteiger partial charge in [0, 0.05) is 19.8 Å². The number of esters is 1. The minimum absolute atomic E-state index is 0.318. The third-order valence-corrected chi connectivity index (χ3v) is 2.58. The lowest BCUT2D eigenvalue weighted by molar-refractivity contribution is 0.0600. The van der Waals surface area contributed by atoms with Gasteiger partial charge >= 0.3 is 5.97 Å². The van der Waals surface area contributed by atoms with Crippen LogP contribution in [-0.2, 0) is 18.3 Å². The van der Waals surface area contributed by atoms with Crippen LogP contribution in [0.25, 0.3) is 0 Å². The molecule has 0 aliphatic carbocycles. The molecule has 94 valence electrons. The van der Waals surface area contributed by atoms with Gasteiger partial charge in [0.25, 0.3) is 0 Å². The molecule has 0 radical (unpaired) electrons. The highest BCUT2D eigenvalue weighted by Gasteiger charge is 2.04. The van der Waals surface area contributed by atoms with E-state index in [1.807, 2.05) is 25.4 Å². The van der Waals surface area contributed by atoms with Crippen LogP contribution in [0.1, 0.15) is 15.9 Å². The van der Waals surface area contributed by atoms with Gasteiger partial charge in [-0.15, -0.1) is 0 Å². The van der Waals surface area contributed by atoms with Crippen molar-refractivity contribution in [1.29, 1.82) is 0 Å². The van der Waals surface area contributed by atoms with E-state index < -0.39 is 0 Å². The molecule has 2 rings (SSSR count). The Bertz CT molecular complexity index is 531. The van der Waals surface area contributed by atoms with Crippen molar-refractivity contribution in [3.63, 3.8) is 0 Å². The van der Waals surface area contributed by atoms with Crippen LogP contribution in [0, 0.1) is 0 Å². The van der Waals surface area contributed by atoms with Crippen LogP contribution in [0.4, 0.5) is 5.69 Å². The first-order chi connectivity index (χ1) is 8.69. The van der Waals surface area contributed by atoms with Crippen LogP contribution < -0.4 is 5.32 Å². The van der Waals surface area contributed by atoms with Gasteiger partial charge in [-0.05, 0) is 17.7 Å². The van der Waals surface area contributed by atoms with Crippen LogP contribution in [0.2, 0.25) is 0 Å². The molecule has 5 nitrogen and oxygen atoms in total. The number of carbonyl (C=O) groups excluding carboxylic acids is 1. The molecule has 0 spiro atoms. The minimum atomic E-state index is -0.318. The minimum Gasteiger partial charge on any atom is -0.465 e. The predicted octanol–water partition coefficient (Wildman–Crippen LogP) is 1.82. The number of nitrogens with zero attached hydrogens (tertiary/aromatic N) is 2. The van der Waals surface area contributed by atoms with Gasteiger partial charge in [-0.1, -0.05) is 12.1 Å². The number of aromatic nitrogens is 2. The van der Waals surface area contributed by atoms with E-state index in [4.69, 9.17) is 0 Å². The van der Waals surface area contributed by atoms with Crippen LogP contribution in [0.3, 0.4) is 0 Å². The number of methoxy groups -OCH3 is 1. The fourth-order valence-electron chi connectivity index (χ4n) is 1.59. The van der Waals surface area contributed by atoms with Gasteiger partial charge in [0.15, 0.2) is 0 Å². The largest absolute Gasteiger partial charge is 0.465 e. The lowest BCUT2D eigenvalue weighted by Gasteiger charge is -2.04. The topological polar surface area (TPSA) is 56.1 Å². The van der Waals surface area contributed by atoms with E-state index in [1.165, 1.54) is 7.11 Å². The SMILES string of the molecule is COC(=O)c1ccc(CNc2cnn(C)c2)cc1. The monoisotopic (exact) mass is 245 g/mol. The van der Waals surface area contributed by atoms with Gasteiger partial charge in [0.1, 0.15) is 0 Å². The Kier molecular flexibility index (Phi) is 3.62. The maximum Gasteiger partial charge on any atom is 0.337 e. The zero-order valence-electron chi connectivity index (χ0n) is 10.4. The maximum atomic E-state index is 11.3. The lowest BCUT2D eigenvalue weighted by Crippen LogP contribution is -2.02. The Morgan fingerprint density at radius 1 is 1.39 bits per heavy atom. The molecule has 18 heavy (non-hydrogen) atoms. The average Bonchev–Trinajstić information content (AvgIpc) is 2.82. The highest BCUT2D eigenvalue weighted by Crippen LogP contribution is 2.09. The summed E-state index contributed by atoms with van der Waals surface area (Å²) in [5, 5.41) is 7.32. The molecule has 1 aromatic heterocycles. The summed E-state index contributed by atoms with van der Waals surface area (Å²) in [6.45, 7) is 0.688. The van der Waals surface area contributed by atoms with Crippen molar-refractivity contribution in [2.45, 2.75) is 6.54 Å². The first kappa shape index (κ1) is 12.2. The third-order valence-electron chi connectivity index (χ3n) is 2.58. The first-order valence-electron chi connectivity index (χ1n) is 5.59. The van der Waals surface area contributed by atoms with E-state index in [1.54, 1.807) is 23.0 Å². The van der Waals surface area contributed by atoms with Crippen molar-refractivity contribution >= 4 is 11.7 Å². The summed E-state index contributed by atoms with van der Waals surface area (Å²) in [5.41, 5.74) is 2.61. The molecule has 1 aromatic carbocycles. The van der Waals surface area contributed by atoms with E-state index >= 15 is 0 Å². The van der Waals surface area contributed by atoms with Gasteiger partial charge in [-0.2, -0.15) is 5.10 Å². The van der Waals surface area contributed by atoms with E-state index in [0.29, 0.717) is 12.1 Å². The average molecular weight is 245 g/mol. The van der Waals surface area contributed by atoms with Crippen molar-refractivity contribution in [2.75, 3.05) is 12.4 Å². The van der Waals surface area contributed by atoms with E-state index in [9.17, 15) is 4.79 Å². The number of rotatable bonds is 4. The standard InChI is InChI=1S/C13H15N3O2/c1-16-9-12(8-15-16)14-7-10-3-5-11(6-4-10)13(17)18-2/h3-6,8-9,14H,7H2,1-2H3. The molecule has 1 N–H and O–H groups in total. The summed E-state index contributed by atoms with van der Waals surface area (Å²) < 4.78 is 6.38. The van der Waals surface area contributed by atoms with Gasteiger partial charge in [-0.3, -0.25) is 4.68 Å². The molecule has 0 unspecified atom stereocenters. The summed E-state index contributed by atoms with van der Waals surface area (Å²) in [4.78, 5) is 11.3. The number of ether oxygens (including phenoxy) is 1. The number of hydrogen-bond donors (Lipinski definition) is 1. The summed E-state index contributed by atoms with van der Waals surface area (Å²) in [6, 6.07) is 7.31. The Morgan fingerprint density at radius 3 is 2.67 bits per heavy atom. The van der Waals surface area contributed by atoms with Crippen molar-refractivity contribution in [2.24, 2.45) is 7.05 Å². The first-order valence-corrected chi connectivity index (χ1v) is 5.59. The van der Waals surface area contributed by atoms with Gasteiger partial charge in [0.05, 0.1) is 24.6 Å². The number of hydrogen-bond acceptors (Lipinski definition) is 4. The normalized spacial score (nSPS) is 10.1. The predicted molar refractivity (Wildman–Crippen MR) is 68.3 cm³/mol. The van der Waals surface area contributed by atoms with Gasteiger partial charge in [-0.25, -0.2) is 4.79 Å². The highest BCUT2D eigenvalue weighted by atomic mass is 16.5. The molecular weight excluding hydrogens is 230 g/mol. The summed E-state index contributed by atoms with van der Waals surface area (Å²) in [7, 11) is 3.25. The van der Waals surface area contributed by atoms with Crippen molar-refractivity contribution in [3.8, 4) is 0 Å². The molecule has 5 heteroatoms. The molecule has 0 fully saturated rings. The van der Waals surface area contributed by atoms with E-state index in [-0.39, 0.29) is 5.97 Å². The molecule has 0 bridgehead atoms. The molecule has 2 aromatic rings. The molecular formula is C13H15N3O2. The smallest absolute Gasteiger partial charge is 0.337 e. The number of carbonyl (C=O) groups is 1. The molecule has 0 atom stereocenters. The van der Waals surface area contributed by atoms with Crippen molar-refractivity contribution < 1.29 is 9.53 Å². The number of aryl methyl sites for hydroxylation is 1. The summed E-state index contributed by atoms with van der Waals surface area (Å²) in [6.07, 6.45) is 3.67. The number of benzene rings is 1. The molecule has 0 saturated heterocycles. The lowest BCUT2D eigenvalue weighted by atomic mass is 10.1. The highest BCUT2D eigenvalue weighted by molar-refractivity contribution is 5.89. The number of nitrogens with one attached hydrogen (secondary N) is 1. The Balaban J connectivity index is 1.96. The van der Waals surface area contributed by atoms with Crippen molar-refractivity contribution in [1.82, 2.24) is 9.78 Å². The zero-order chi connectivity index (χ0) is 13.0. The molecule has 0 amide bonds. The second-order valence-electron chi connectivity index (χ2n) is 3.94. The van der Waals surface area contributed by atoms with Gasteiger partial charge in [0.2, 0.25) is 0 Å². The van der Waals surface area contributed by atoms with Crippen LogP contribution in [-0.4, -0.2) is 22.9 Å². The fraction of sp³-hybridized carbons (Fsp3) is 0.231. The van der Waals surface area contributed by atoms with Crippen molar-refractivity contribution in [3.05, 3.63) is 47.8 Å². The Labute approximate surface area is 105 Å². The van der Waals surface area contributed by atoms with E-state index in [2.05, 4.69) is 15.2 Å². The Hall–Kier alpha value is -2.30. The molecule has 1 heterocycles. The fourth-order valence-corrected chi connectivity index (χ4v) is 1.59. The van der Waals surface area contributed by atoms with Gasteiger partial charge < -0.3 is 10.1 Å². The molecule has 0 aliphatic rings. The summed E-state index contributed by atoms with van der Waals surface area (Å²) >= 11 is 0. The second-order valence-corrected chi connectivity index (χ2v) is 3.94. The summed E-state index contributed by atoms with van der Waals surface area (Å²) in [5.74, 6) is -0.318. The third kappa shape index (κ3) is 2.88. The Morgan fingerprint density at radius 2 is 2.11 bits per heavy atom. The van der Waals surface area contributed by atoms with Crippen LogP contribution in [0.5, 0.6) is 0 Å². The quantitative estimate of drug-likeness (QED) is 0.835. The van der Waals surface area contributed by atoms with E-state index in [0.717, 1.165) is 11.3 Å².